The van der Waals surface area contributed by atoms with E-state index in [0.717, 1.165) is 16.7 Å². The number of aromatic hydroxyl groups is 1. The molecule has 0 unspecified atom stereocenters. The van der Waals surface area contributed by atoms with E-state index in [1.165, 1.54) is 0 Å². The number of rotatable bonds is 1. The Morgan fingerprint density at radius 3 is 2.36 bits per heavy atom. The molecule has 1 radical (unpaired) electrons. The first-order valence-electron chi connectivity index (χ1n) is 4.48. The Morgan fingerprint density at radius 1 is 0.929 bits per heavy atom. The lowest BCUT2D eigenvalue weighted by molar-refractivity contribution is 0.475. The van der Waals surface area contributed by atoms with Crippen molar-refractivity contribution in [2.75, 3.05) is 0 Å². The molecule has 69 valence electrons. The molecule has 0 atom stereocenters. The van der Waals surface area contributed by atoms with E-state index in [9.17, 15) is 5.11 Å². The Hall–Kier alpha value is -1.76. The second kappa shape index (κ2) is 3.54. The quantitative estimate of drug-likeness (QED) is 0.719. The van der Waals surface area contributed by atoms with Gasteiger partial charge in [-0.2, -0.15) is 0 Å². The predicted molar refractivity (Wildman–Crippen MR) is 58.0 cm³/mol. The van der Waals surface area contributed by atoms with E-state index in [4.69, 9.17) is 0 Å². The molecule has 14 heavy (non-hydrogen) atoms. The lowest BCUT2D eigenvalue weighted by Crippen LogP contribution is -1.81. The van der Waals surface area contributed by atoms with Crippen LogP contribution in [-0.2, 0) is 0 Å². The van der Waals surface area contributed by atoms with Gasteiger partial charge in [0.2, 0.25) is 0 Å². The summed E-state index contributed by atoms with van der Waals surface area (Å²) in [5.74, 6) is 0.274. The van der Waals surface area contributed by atoms with Gasteiger partial charge in [-0.25, -0.2) is 0 Å². The van der Waals surface area contributed by atoms with Crippen molar-refractivity contribution >= 4 is 0 Å². The van der Waals surface area contributed by atoms with E-state index in [1.807, 2.05) is 36.4 Å². The fraction of sp³-hybridized carbons (Fsp3) is 0. The van der Waals surface area contributed by atoms with Crippen molar-refractivity contribution in [2.24, 2.45) is 0 Å². The third-order valence-corrected chi connectivity index (χ3v) is 2.18. The lowest BCUT2D eigenvalue weighted by atomic mass is 10.0. The Morgan fingerprint density at radius 2 is 1.64 bits per heavy atom. The monoisotopic (exact) mass is 183 g/mol. The number of hydrogen-bond acceptors (Lipinski definition) is 1. The molecule has 0 aromatic heterocycles. The minimum atomic E-state index is 0.274. The third kappa shape index (κ3) is 1.62. The maximum atomic E-state index is 9.37. The number of benzene rings is 2. The number of hydrogen-bond donors (Lipinski definition) is 1. The molecule has 0 aliphatic carbocycles. The SMILES string of the molecule is [CH2]c1ccc(O)cc1-c1ccccc1. The van der Waals surface area contributed by atoms with Crippen molar-refractivity contribution in [1.82, 2.24) is 0 Å². The topological polar surface area (TPSA) is 20.2 Å². The second-order valence-electron chi connectivity index (χ2n) is 3.21. The van der Waals surface area contributed by atoms with Crippen molar-refractivity contribution in [2.45, 2.75) is 0 Å². The van der Waals surface area contributed by atoms with Crippen molar-refractivity contribution in [1.29, 1.82) is 0 Å². The van der Waals surface area contributed by atoms with Crippen LogP contribution in [0.3, 0.4) is 0 Å². The highest BCUT2D eigenvalue weighted by Crippen LogP contribution is 2.26. The van der Waals surface area contributed by atoms with Crippen LogP contribution in [0.15, 0.2) is 48.5 Å². The van der Waals surface area contributed by atoms with Crippen LogP contribution in [-0.4, -0.2) is 5.11 Å². The molecule has 2 rings (SSSR count). The molecule has 0 saturated carbocycles. The minimum Gasteiger partial charge on any atom is -0.508 e. The van der Waals surface area contributed by atoms with Crippen LogP contribution in [0.5, 0.6) is 5.75 Å². The fourth-order valence-electron chi connectivity index (χ4n) is 1.45. The van der Waals surface area contributed by atoms with Gasteiger partial charge in [0.05, 0.1) is 0 Å². The summed E-state index contributed by atoms with van der Waals surface area (Å²) in [6.45, 7) is 3.93. The van der Waals surface area contributed by atoms with E-state index in [0.29, 0.717) is 0 Å². The highest BCUT2D eigenvalue weighted by Gasteiger charge is 2.01. The van der Waals surface area contributed by atoms with Crippen LogP contribution in [0.25, 0.3) is 11.1 Å². The smallest absolute Gasteiger partial charge is 0.116 e. The predicted octanol–water partition coefficient (Wildman–Crippen LogP) is 3.24. The average Bonchev–Trinajstić information content (AvgIpc) is 2.23. The Balaban J connectivity index is 2.57. The van der Waals surface area contributed by atoms with Crippen molar-refractivity contribution < 1.29 is 5.11 Å². The fourth-order valence-corrected chi connectivity index (χ4v) is 1.45. The van der Waals surface area contributed by atoms with Gasteiger partial charge in [-0.3, -0.25) is 0 Å². The first-order chi connectivity index (χ1) is 6.77. The highest BCUT2D eigenvalue weighted by atomic mass is 16.3. The molecule has 2 aromatic carbocycles. The maximum absolute atomic E-state index is 9.37. The van der Waals surface area contributed by atoms with Gasteiger partial charge < -0.3 is 5.11 Å². The van der Waals surface area contributed by atoms with Gasteiger partial charge in [-0.1, -0.05) is 36.4 Å². The minimum absolute atomic E-state index is 0.274. The molecule has 0 fully saturated rings. The molecule has 0 heterocycles. The van der Waals surface area contributed by atoms with Crippen LogP contribution in [0.2, 0.25) is 0 Å². The first kappa shape index (κ1) is 8.82. The summed E-state index contributed by atoms with van der Waals surface area (Å²) in [5, 5.41) is 9.37. The average molecular weight is 183 g/mol. The summed E-state index contributed by atoms with van der Waals surface area (Å²) in [4.78, 5) is 0. The van der Waals surface area contributed by atoms with Crippen LogP contribution >= 0.6 is 0 Å². The van der Waals surface area contributed by atoms with E-state index in [2.05, 4.69) is 6.92 Å². The highest BCUT2D eigenvalue weighted by molar-refractivity contribution is 5.69. The Labute approximate surface area is 83.6 Å². The van der Waals surface area contributed by atoms with E-state index < -0.39 is 0 Å². The molecule has 0 aliphatic heterocycles. The molecule has 1 heteroatoms. The lowest BCUT2D eigenvalue weighted by Gasteiger charge is -2.05. The van der Waals surface area contributed by atoms with Gasteiger partial charge >= 0.3 is 0 Å². The summed E-state index contributed by atoms with van der Waals surface area (Å²) in [6, 6.07) is 15.1. The molecule has 1 nitrogen and oxygen atoms in total. The molecule has 0 bridgehead atoms. The first-order valence-corrected chi connectivity index (χ1v) is 4.48. The van der Waals surface area contributed by atoms with Gasteiger partial charge in [0, 0.05) is 0 Å². The molecule has 0 aliphatic rings. The Kier molecular flexibility index (Phi) is 2.23. The Bertz CT molecular complexity index is 432. The van der Waals surface area contributed by atoms with Crippen molar-refractivity contribution in [3.8, 4) is 16.9 Å². The van der Waals surface area contributed by atoms with E-state index in [1.54, 1.807) is 12.1 Å². The van der Waals surface area contributed by atoms with Crippen LogP contribution < -0.4 is 0 Å². The standard InChI is InChI=1S/C13H11O/c1-10-7-8-12(14)9-13(10)11-5-3-2-4-6-11/h2-9,14H,1H2. The van der Waals surface area contributed by atoms with E-state index in [-0.39, 0.29) is 5.75 Å². The normalized spacial score (nSPS) is 10.1. The summed E-state index contributed by atoms with van der Waals surface area (Å²) >= 11 is 0. The maximum Gasteiger partial charge on any atom is 0.116 e. The van der Waals surface area contributed by atoms with Crippen molar-refractivity contribution in [3.05, 3.63) is 61.0 Å². The zero-order valence-electron chi connectivity index (χ0n) is 7.77. The molecule has 1 N–H and O–H groups in total. The molecule has 0 amide bonds. The zero-order valence-corrected chi connectivity index (χ0v) is 7.77. The molecular weight excluding hydrogens is 172 g/mol. The summed E-state index contributed by atoms with van der Waals surface area (Å²) in [7, 11) is 0. The molecule has 2 aromatic rings. The van der Waals surface area contributed by atoms with E-state index >= 15 is 0 Å². The summed E-state index contributed by atoms with van der Waals surface area (Å²) in [6.07, 6.45) is 0. The van der Waals surface area contributed by atoms with Gasteiger partial charge in [-0.15, -0.1) is 0 Å². The molecule has 0 spiro atoms. The van der Waals surface area contributed by atoms with Gasteiger partial charge in [0.25, 0.3) is 0 Å². The van der Waals surface area contributed by atoms with Crippen LogP contribution in [0.4, 0.5) is 0 Å². The number of phenols is 1. The van der Waals surface area contributed by atoms with Gasteiger partial charge in [0.1, 0.15) is 5.75 Å². The van der Waals surface area contributed by atoms with Crippen LogP contribution in [0, 0.1) is 6.92 Å². The largest absolute Gasteiger partial charge is 0.508 e. The second-order valence-corrected chi connectivity index (χ2v) is 3.21. The van der Waals surface area contributed by atoms with Gasteiger partial charge in [-0.05, 0) is 35.7 Å². The third-order valence-electron chi connectivity index (χ3n) is 2.18. The van der Waals surface area contributed by atoms with Gasteiger partial charge in [0.15, 0.2) is 0 Å². The summed E-state index contributed by atoms with van der Waals surface area (Å²) < 4.78 is 0. The number of phenolic OH excluding ortho intramolecular Hbond substituents is 1. The van der Waals surface area contributed by atoms with Crippen LogP contribution in [0.1, 0.15) is 5.56 Å². The molecular formula is C13H11O. The molecule has 0 saturated heterocycles. The summed E-state index contributed by atoms with van der Waals surface area (Å²) in [5.41, 5.74) is 2.98. The van der Waals surface area contributed by atoms with Crippen molar-refractivity contribution in [3.63, 3.8) is 0 Å². The zero-order chi connectivity index (χ0) is 9.97.